The summed E-state index contributed by atoms with van der Waals surface area (Å²) in [4.78, 5) is 14.0. The van der Waals surface area contributed by atoms with Crippen molar-refractivity contribution in [1.82, 2.24) is 19.9 Å². The van der Waals surface area contributed by atoms with Gasteiger partial charge in [0.15, 0.2) is 4.60 Å². The van der Waals surface area contributed by atoms with Crippen LogP contribution in [0.2, 0.25) is 0 Å². The van der Waals surface area contributed by atoms with Crippen LogP contribution in [0.5, 0.6) is 0 Å². The van der Waals surface area contributed by atoms with E-state index < -0.39 is 5.60 Å². The average Bonchev–Trinajstić information content (AvgIpc) is 2.74. The number of piperidine rings is 1. The van der Waals surface area contributed by atoms with Gasteiger partial charge in [-0.2, -0.15) is 0 Å². The Morgan fingerprint density at radius 1 is 1.30 bits per heavy atom. The number of ether oxygens (including phenoxy) is 1. The van der Waals surface area contributed by atoms with E-state index in [1.165, 1.54) is 0 Å². The van der Waals surface area contributed by atoms with Crippen LogP contribution in [0.3, 0.4) is 0 Å². The number of carbonyl (C=O) groups excluding carboxylic acids is 1. The summed E-state index contributed by atoms with van der Waals surface area (Å²) in [6, 6.07) is 0.446. The van der Waals surface area contributed by atoms with E-state index in [9.17, 15) is 4.79 Å². The molecule has 1 aromatic heterocycles. The Labute approximate surface area is 145 Å². The number of likely N-dealkylation sites (tertiary alicyclic amines) is 1. The molecule has 0 aromatic carbocycles. The fourth-order valence-electron chi connectivity index (χ4n) is 3.68. The van der Waals surface area contributed by atoms with Crippen molar-refractivity contribution in [3.8, 4) is 0 Å². The first-order chi connectivity index (χ1) is 10.7. The normalized spacial score (nSPS) is 21.3. The van der Waals surface area contributed by atoms with E-state index in [2.05, 4.69) is 26.2 Å². The smallest absolute Gasteiger partial charge is 0.410 e. The Hall–Kier alpha value is -1.11. The van der Waals surface area contributed by atoms with Gasteiger partial charge in [0.1, 0.15) is 5.60 Å². The average molecular weight is 385 g/mol. The lowest BCUT2D eigenvalue weighted by Gasteiger charge is -2.52. The SMILES string of the molecule is Cc1c(Br)nnn1C1CC2(CCN(C(=O)OC(C)(C)C)CC2)C1. The molecule has 6 nitrogen and oxygen atoms in total. The van der Waals surface area contributed by atoms with Gasteiger partial charge in [-0.05, 0) is 74.7 Å². The lowest BCUT2D eigenvalue weighted by Crippen LogP contribution is -2.50. The summed E-state index contributed by atoms with van der Waals surface area (Å²) in [5.74, 6) is 0. The number of nitrogens with zero attached hydrogens (tertiary/aromatic N) is 4. The molecular weight excluding hydrogens is 360 g/mol. The third kappa shape index (κ3) is 3.39. The van der Waals surface area contributed by atoms with Crippen molar-refractivity contribution in [2.75, 3.05) is 13.1 Å². The van der Waals surface area contributed by atoms with E-state index in [1.54, 1.807) is 0 Å². The predicted molar refractivity (Wildman–Crippen MR) is 90.2 cm³/mol. The van der Waals surface area contributed by atoms with Gasteiger partial charge >= 0.3 is 6.09 Å². The van der Waals surface area contributed by atoms with Gasteiger partial charge in [-0.3, -0.25) is 0 Å². The molecule has 2 heterocycles. The Bertz CT molecular complexity index is 592. The molecule has 1 aromatic rings. The third-order valence-electron chi connectivity index (χ3n) is 5.03. The van der Waals surface area contributed by atoms with E-state index in [0.29, 0.717) is 11.5 Å². The lowest BCUT2D eigenvalue weighted by molar-refractivity contribution is -0.0265. The second-order valence-electron chi connectivity index (χ2n) is 7.94. The first-order valence-electron chi connectivity index (χ1n) is 8.24. The van der Waals surface area contributed by atoms with Gasteiger partial charge in [0, 0.05) is 13.1 Å². The first-order valence-corrected chi connectivity index (χ1v) is 9.04. The standard InChI is InChI=1S/C16H25BrN4O2/c1-11-13(17)18-19-21(11)12-9-16(10-12)5-7-20(8-6-16)14(22)23-15(2,3)4/h12H,5-10H2,1-4H3. The van der Waals surface area contributed by atoms with Crippen molar-refractivity contribution < 1.29 is 9.53 Å². The van der Waals surface area contributed by atoms with Crippen LogP contribution < -0.4 is 0 Å². The highest BCUT2D eigenvalue weighted by Gasteiger charge is 2.48. The highest BCUT2D eigenvalue weighted by Crippen LogP contribution is 2.54. The van der Waals surface area contributed by atoms with Crippen LogP contribution in [0, 0.1) is 12.3 Å². The summed E-state index contributed by atoms with van der Waals surface area (Å²) < 4.78 is 8.33. The van der Waals surface area contributed by atoms with Gasteiger partial charge < -0.3 is 9.64 Å². The van der Waals surface area contributed by atoms with Crippen LogP contribution in [0.25, 0.3) is 0 Å². The van der Waals surface area contributed by atoms with Gasteiger partial charge in [-0.25, -0.2) is 9.48 Å². The molecule has 1 aliphatic heterocycles. The highest BCUT2D eigenvalue weighted by molar-refractivity contribution is 9.10. The molecule has 1 spiro atoms. The zero-order valence-electron chi connectivity index (χ0n) is 14.3. The summed E-state index contributed by atoms with van der Waals surface area (Å²) in [5, 5.41) is 8.32. The second-order valence-corrected chi connectivity index (χ2v) is 8.69. The number of carbonyl (C=O) groups is 1. The minimum absolute atomic E-state index is 0.181. The van der Waals surface area contributed by atoms with Crippen LogP contribution in [-0.2, 0) is 4.74 Å². The van der Waals surface area contributed by atoms with Crippen LogP contribution in [0.4, 0.5) is 4.79 Å². The van der Waals surface area contributed by atoms with E-state index in [-0.39, 0.29) is 6.09 Å². The molecule has 1 saturated heterocycles. The van der Waals surface area contributed by atoms with Gasteiger partial charge in [0.05, 0.1) is 11.7 Å². The zero-order chi connectivity index (χ0) is 16.8. The molecule has 0 radical (unpaired) electrons. The maximum atomic E-state index is 12.1. The molecule has 3 rings (SSSR count). The van der Waals surface area contributed by atoms with Crippen molar-refractivity contribution in [2.45, 2.75) is 65.0 Å². The van der Waals surface area contributed by atoms with Crippen molar-refractivity contribution >= 4 is 22.0 Å². The molecule has 0 bridgehead atoms. The van der Waals surface area contributed by atoms with Gasteiger partial charge in [0.25, 0.3) is 0 Å². The number of hydrogen-bond donors (Lipinski definition) is 0. The molecule has 1 amide bonds. The Balaban J connectivity index is 1.53. The zero-order valence-corrected chi connectivity index (χ0v) is 15.9. The molecule has 128 valence electrons. The first kappa shape index (κ1) is 16.7. The van der Waals surface area contributed by atoms with Gasteiger partial charge in [-0.1, -0.05) is 5.21 Å². The van der Waals surface area contributed by atoms with Crippen molar-refractivity contribution in [3.05, 3.63) is 10.3 Å². The summed E-state index contributed by atoms with van der Waals surface area (Å²) in [7, 11) is 0. The number of hydrogen-bond acceptors (Lipinski definition) is 4. The minimum atomic E-state index is -0.425. The lowest BCUT2D eigenvalue weighted by atomic mass is 9.60. The third-order valence-corrected chi connectivity index (χ3v) is 5.76. The molecular formula is C16H25BrN4O2. The predicted octanol–water partition coefficient (Wildman–Crippen LogP) is 3.70. The van der Waals surface area contributed by atoms with Crippen molar-refractivity contribution in [2.24, 2.45) is 5.41 Å². The number of aromatic nitrogens is 3. The van der Waals surface area contributed by atoms with Crippen molar-refractivity contribution in [1.29, 1.82) is 0 Å². The van der Waals surface area contributed by atoms with E-state index in [0.717, 1.165) is 49.1 Å². The molecule has 1 aliphatic carbocycles. The van der Waals surface area contributed by atoms with E-state index in [4.69, 9.17) is 4.74 Å². The Morgan fingerprint density at radius 3 is 2.39 bits per heavy atom. The maximum Gasteiger partial charge on any atom is 0.410 e. The maximum absolute atomic E-state index is 12.1. The number of halogens is 1. The number of amides is 1. The molecule has 2 aliphatic rings. The minimum Gasteiger partial charge on any atom is -0.444 e. The quantitative estimate of drug-likeness (QED) is 0.740. The summed E-state index contributed by atoms with van der Waals surface area (Å²) in [6.45, 7) is 9.35. The molecule has 7 heteroatoms. The fraction of sp³-hybridized carbons (Fsp3) is 0.812. The summed E-state index contributed by atoms with van der Waals surface area (Å²) in [6.07, 6.45) is 4.19. The summed E-state index contributed by atoms with van der Waals surface area (Å²) >= 11 is 3.42. The molecule has 0 unspecified atom stereocenters. The topological polar surface area (TPSA) is 60.2 Å². The second kappa shape index (κ2) is 5.76. The molecule has 1 saturated carbocycles. The highest BCUT2D eigenvalue weighted by atomic mass is 79.9. The van der Waals surface area contributed by atoms with Crippen LogP contribution in [0.1, 0.15) is 58.2 Å². The monoisotopic (exact) mass is 384 g/mol. The molecule has 2 fully saturated rings. The van der Waals surface area contributed by atoms with Crippen molar-refractivity contribution in [3.63, 3.8) is 0 Å². The van der Waals surface area contributed by atoms with Crippen LogP contribution >= 0.6 is 15.9 Å². The van der Waals surface area contributed by atoms with Crippen LogP contribution in [0.15, 0.2) is 4.60 Å². The summed E-state index contributed by atoms with van der Waals surface area (Å²) in [5.41, 5.74) is 1.04. The van der Waals surface area contributed by atoms with Gasteiger partial charge in [-0.15, -0.1) is 5.10 Å². The largest absolute Gasteiger partial charge is 0.444 e. The molecule has 0 atom stereocenters. The Morgan fingerprint density at radius 2 is 1.91 bits per heavy atom. The number of rotatable bonds is 1. The molecule has 0 N–H and O–H groups in total. The fourth-order valence-corrected chi connectivity index (χ4v) is 3.93. The van der Waals surface area contributed by atoms with E-state index in [1.807, 2.05) is 37.3 Å². The Kier molecular flexibility index (Phi) is 4.19. The van der Waals surface area contributed by atoms with E-state index >= 15 is 0 Å². The molecule has 23 heavy (non-hydrogen) atoms. The van der Waals surface area contributed by atoms with Gasteiger partial charge in [0.2, 0.25) is 0 Å². The van der Waals surface area contributed by atoms with Crippen LogP contribution in [-0.4, -0.2) is 44.7 Å².